The van der Waals surface area contributed by atoms with E-state index < -0.39 is 0 Å². The van der Waals surface area contributed by atoms with Crippen LogP contribution in [-0.2, 0) is 12.8 Å². The molecule has 86 valence electrons. The van der Waals surface area contributed by atoms with Crippen LogP contribution in [0.25, 0.3) is 0 Å². The van der Waals surface area contributed by atoms with Gasteiger partial charge >= 0.3 is 0 Å². The molecule has 1 heterocycles. The van der Waals surface area contributed by atoms with Crippen LogP contribution in [0.5, 0.6) is 0 Å². The third-order valence-corrected chi connectivity index (χ3v) is 3.13. The Morgan fingerprint density at radius 3 is 2.59 bits per heavy atom. The Kier molecular flexibility index (Phi) is 2.74. The van der Waals surface area contributed by atoms with Gasteiger partial charge < -0.3 is 4.98 Å². The zero-order valence-corrected chi connectivity index (χ0v) is 9.69. The largest absolute Gasteiger partial charge is 0.342 e. The normalized spacial score (nSPS) is 15.1. The highest BCUT2D eigenvalue weighted by Crippen LogP contribution is 2.26. The quantitative estimate of drug-likeness (QED) is 0.740. The molecule has 1 aliphatic rings. The summed E-state index contributed by atoms with van der Waals surface area (Å²) in [4.78, 5) is 3.34. The average molecular weight is 225 g/mol. The van der Waals surface area contributed by atoms with Crippen LogP contribution in [0, 0.1) is 0 Å². The van der Waals surface area contributed by atoms with E-state index in [0.717, 1.165) is 17.9 Å². The molecular formula is C14H15N3. The van der Waals surface area contributed by atoms with Gasteiger partial charge in [0.25, 0.3) is 0 Å². The molecule has 0 aliphatic heterocycles. The van der Waals surface area contributed by atoms with Gasteiger partial charge in [-0.1, -0.05) is 18.2 Å². The monoisotopic (exact) mass is 225 g/mol. The number of benzene rings is 1. The molecule has 0 fully saturated rings. The van der Waals surface area contributed by atoms with Crippen molar-refractivity contribution in [2.75, 3.05) is 0 Å². The highest BCUT2D eigenvalue weighted by molar-refractivity contribution is 5.41. The molecule has 1 N–H and O–H groups in total. The molecule has 1 aromatic carbocycles. The first-order valence-electron chi connectivity index (χ1n) is 6.09. The van der Waals surface area contributed by atoms with Crippen LogP contribution in [0.4, 0.5) is 11.5 Å². The summed E-state index contributed by atoms with van der Waals surface area (Å²) in [6.45, 7) is 0. The lowest BCUT2D eigenvalue weighted by atomic mass is 9.98. The third kappa shape index (κ3) is 2.28. The zero-order valence-electron chi connectivity index (χ0n) is 9.69. The predicted octanol–water partition coefficient (Wildman–Crippen LogP) is 4.31. The summed E-state index contributed by atoms with van der Waals surface area (Å²) in [6, 6.07) is 11.9. The summed E-state index contributed by atoms with van der Waals surface area (Å²) in [7, 11) is 0. The Hall–Kier alpha value is -1.90. The second kappa shape index (κ2) is 4.53. The molecule has 0 spiro atoms. The first-order valence-corrected chi connectivity index (χ1v) is 6.09. The first kappa shape index (κ1) is 10.3. The minimum Gasteiger partial charge on any atom is -0.342 e. The summed E-state index contributed by atoms with van der Waals surface area (Å²) < 4.78 is 0. The fourth-order valence-electron chi connectivity index (χ4n) is 2.25. The molecule has 3 nitrogen and oxygen atoms in total. The summed E-state index contributed by atoms with van der Waals surface area (Å²) in [5.74, 6) is 0.876. The van der Waals surface area contributed by atoms with Gasteiger partial charge in [0, 0.05) is 5.69 Å². The molecule has 0 saturated carbocycles. The number of nitrogens with one attached hydrogen (secondary N) is 1. The summed E-state index contributed by atoms with van der Waals surface area (Å²) in [5.41, 5.74) is 3.65. The van der Waals surface area contributed by atoms with Gasteiger partial charge in [-0.05, 0) is 49.4 Å². The van der Waals surface area contributed by atoms with Gasteiger partial charge in [-0.3, -0.25) is 0 Å². The molecule has 2 aromatic rings. The van der Waals surface area contributed by atoms with Crippen LogP contribution in [0.3, 0.4) is 0 Å². The van der Waals surface area contributed by atoms with E-state index in [1.807, 2.05) is 30.3 Å². The topological polar surface area (TPSA) is 40.5 Å². The number of rotatable bonds is 2. The Bertz CT molecular complexity index is 502. The van der Waals surface area contributed by atoms with E-state index in [0.29, 0.717) is 0 Å². The fourth-order valence-corrected chi connectivity index (χ4v) is 2.25. The predicted molar refractivity (Wildman–Crippen MR) is 68.1 cm³/mol. The van der Waals surface area contributed by atoms with Crippen molar-refractivity contribution in [2.24, 2.45) is 10.2 Å². The lowest BCUT2D eigenvalue weighted by Crippen LogP contribution is -1.99. The number of aryl methyl sites for hydroxylation is 2. The Labute approximate surface area is 101 Å². The number of H-pyrrole nitrogens is 1. The van der Waals surface area contributed by atoms with Crippen molar-refractivity contribution < 1.29 is 0 Å². The van der Waals surface area contributed by atoms with Crippen molar-refractivity contribution in [3.63, 3.8) is 0 Å². The summed E-state index contributed by atoms with van der Waals surface area (Å²) in [6.07, 6.45) is 4.89. The Balaban J connectivity index is 1.81. The molecule has 3 rings (SSSR count). The molecule has 1 aliphatic carbocycles. The van der Waals surface area contributed by atoms with E-state index in [-0.39, 0.29) is 0 Å². The lowest BCUT2D eigenvalue weighted by molar-refractivity contribution is 0.677. The van der Waals surface area contributed by atoms with E-state index >= 15 is 0 Å². The van der Waals surface area contributed by atoms with Crippen LogP contribution in [0.2, 0.25) is 0 Å². The molecule has 1 aromatic heterocycles. The highest BCUT2D eigenvalue weighted by Gasteiger charge is 2.11. The van der Waals surface area contributed by atoms with E-state index in [4.69, 9.17) is 0 Å². The lowest BCUT2D eigenvalue weighted by Gasteiger charge is -2.08. The minimum atomic E-state index is 0.876. The van der Waals surface area contributed by atoms with Crippen LogP contribution in [-0.4, -0.2) is 4.98 Å². The van der Waals surface area contributed by atoms with Gasteiger partial charge in [0.1, 0.15) is 0 Å². The van der Waals surface area contributed by atoms with Crippen LogP contribution in [0.15, 0.2) is 46.6 Å². The van der Waals surface area contributed by atoms with Crippen molar-refractivity contribution in [1.29, 1.82) is 0 Å². The van der Waals surface area contributed by atoms with E-state index in [1.165, 1.54) is 30.5 Å². The molecule has 3 heteroatoms. The molecule has 0 radical (unpaired) electrons. The van der Waals surface area contributed by atoms with E-state index in [2.05, 4.69) is 21.3 Å². The summed E-state index contributed by atoms with van der Waals surface area (Å²) >= 11 is 0. The maximum atomic E-state index is 4.25. The molecular weight excluding hydrogens is 210 g/mol. The average Bonchev–Trinajstić information content (AvgIpc) is 2.80. The van der Waals surface area contributed by atoms with E-state index in [1.54, 1.807) is 0 Å². The second-order valence-electron chi connectivity index (χ2n) is 4.40. The van der Waals surface area contributed by atoms with Crippen molar-refractivity contribution in [2.45, 2.75) is 25.7 Å². The molecule has 0 unspecified atom stereocenters. The number of aromatic amines is 1. The van der Waals surface area contributed by atoms with Crippen LogP contribution >= 0.6 is 0 Å². The van der Waals surface area contributed by atoms with E-state index in [9.17, 15) is 0 Å². The first-order chi connectivity index (χ1) is 8.42. The number of aromatic nitrogens is 1. The highest BCUT2D eigenvalue weighted by atomic mass is 15.1. The SMILES string of the molecule is c1ccc(N=Nc2cc3c([nH]2)CCCC3)cc1. The Morgan fingerprint density at radius 1 is 0.941 bits per heavy atom. The van der Waals surface area contributed by atoms with Gasteiger partial charge in [0.2, 0.25) is 0 Å². The van der Waals surface area contributed by atoms with Gasteiger partial charge in [0.05, 0.1) is 5.69 Å². The number of hydrogen-bond donors (Lipinski definition) is 1. The second-order valence-corrected chi connectivity index (χ2v) is 4.40. The van der Waals surface area contributed by atoms with Gasteiger partial charge in [-0.25, -0.2) is 0 Å². The molecule has 0 atom stereocenters. The van der Waals surface area contributed by atoms with Crippen LogP contribution < -0.4 is 0 Å². The van der Waals surface area contributed by atoms with Gasteiger partial charge in [-0.2, -0.15) is 0 Å². The number of azo groups is 1. The molecule has 0 bridgehead atoms. The number of hydrogen-bond acceptors (Lipinski definition) is 2. The van der Waals surface area contributed by atoms with Crippen molar-refractivity contribution in [1.82, 2.24) is 4.98 Å². The number of nitrogens with zero attached hydrogens (tertiary/aromatic N) is 2. The van der Waals surface area contributed by atoms with Crippen molar-refractivity contribution in [3.8, 4) is 0 Å². The maximum Gasteiger partial charge on any atom is 0.153 e. The van der Waals surface area contributed by atoms with Crippen molar-refractivity contribution >= 4 is 11.5 Å². The molecule has 0 saturated heterocycles. The summed E-state index contributed by atoms with van der Waals surface area (Å²) in [5, 5.41) is 8.46. The smallest absolute Gasteiger partial charge is 0.153 e. The van der Waals surface area contributed by atoms with Gasteiger partial charge in [0.15, 0.2) is 5.82 Å². The molecule has 0 amide bonds. The zero-order chi connectivity index (χ0) is 11.5. The minimum absolute atomic E-state index is 0.876. The van der Waals surface area contributed by atoms with Crippen LogP contribution in [0.1, 0.15) is 24.1 Å². The maximum absolute atomic E-state index is 4.25. The Morgan fingerprint density at radius 2 is 1.76 bits per heavy atom. The number of fused-ring (bicyclic) bond motifs is 1. The standard InChI is InChI=1S/C14H15N3/c1-2-7-12(8-3-1)16-17-14-10-11-6-4-5-9-13(11)15-14/h1-3,7-8,10,15H,4-6,9H2. The third-order valence-electron chi connectivity index (χ3n) is 3.13. The van der Waals surface area contributed by atoms with Crippen molar-refractivity contribution in [3.05, 3.63) is 47.7 Å². The molecule has 17 heavy (non-hydrogen) atoms. The van der Waals surface area contributed by atoms with Gasteiger partial charge in [-0.15, -0.1) is 10.2 Å². The fraction of sp³-hybridized carbons (Fsp3) is 0.286.